The number of piperazine rings is 1. The normalized spacial score (nSPS) is 17.2. The number of hydrogen-bond acceptors (Lipinski definition) is 4. The van der Waals surface area contributed by atoms with Crippen LogP contribution in [0, 0.1) is 0 Å². The van der Waals surface area contributed by atoms with Crippen molar-refractivity contribution >= 4 is 23.0 Å². The molecule has 0 atom stereocenters. The lowest BCUT2D eigenvalue weighted by molar-refractivity contribution is 0.229. The summed E-state index contributed by atoms with van der Waals surface area (Å²) in [5.74, 6) is 0. The van der Waals surface area contributed by atoms with Crippen LogP contribution in [-0.2, 0) is 0 Å². The Bertz CT molecular complexity index is 414. The molecular weight excluding hydrogens is 260 g/mol. The Balaban J connectivity index is 1.89. The molecule has 2 rings (SSSR count). The van der Waals surface area contributed by atoms with Gasteiger partial charge in [-0.1, -0.05) is 11.6 Å². The molecular formula is C14H23ClN4. The molecule has 1 aliphatic rings. The van der Waals surface area contributed by atoms with Gasteiger partial charge in [0.05, 0.1) is 11.4 Å². The summed E-state index contributed by atoms with van der Waals surface area (Å²) in [6, 6.07) is 5.76. The van der Waals surface area contributed by atoms with Crippen LogP contribution in [0.15, 0.2) is 18.2 Å². The third-order valence-corrected chi connectivity index (χ3v) is 3.80. The average molecular weight is 283 g/mol. The number of halogens is 1. The van der Waals surface area contributed by atoms with Gasteiger partial charge in [0.15, 0.2) is 0 Å². The fourth-order valence-corrected chi connectivity index (χ4v) is 2.55. The van der Waals surface area contributed by atoms with Gasteiger partial charge in [0, 0.05) is 44.3 Å². The summed E-state index contributed by atoms with van der Waals surface area (Å²) in [6.07, 6.45) is 0. The second-order valence-corrected chi connectivity index (χ2v) is 5.77. The zero-order valence-electron chi connectivity index (χ0n) is 11.8. The Morgan fingerprint density at radius 2 is 1.89 bits per heavy atom. The van der Waals surface area contributed by atoms with Crippen LogP contribution < -0.4 is 10.6 Å². The van der Waals surface area contributed by atoms with Gasteiger partial charge in [-0.2, -0.15) is 0 Å². The van der Waals surface area contributed by atoms with Gasteiger partial charge in [0.2, 0.25) is 0 Å². The number of likely N-dealkylation sites (N-methyl/N-ethyl adjacent to an activating group) is 1. The van der Waals surface area contributed by atoms with Crippen molar-refractivity contribution in [2.24, 2.45) is 0 Å². The van der Waals surface area contributed by atoms with Crippen molar-refractivity contribution in [2.75, 3.05) is 64.0 Å². The fourth-order valence-electron chi connectivity index (χ4n) is 2.37. The van der Waals surface area contributed by atoms with E-state index >= 15 is 0 Å². The lowest BCUT2D eigenvalue weighted by Crippen LogP contribution is -2.48. The molecule has 0 aliphatic carbocycles. The van der Waals surface area contributed by atoms with Crippen molar-refractivity contribution in [1.29, 1.82) is 0 Å². The first-order valence-corrected chi connectivity index (χ1v) is 7.11. The molecule has 5 heteroatoms. The average Bonchev–Trinajstić information content (AvgIpc) is 2.37. The van der Waals surface area contributed by atoms with Crippen LogP contribution in [0.25, 0.3) is 0 Å². The fraction of sp³-hybridized carbons (Fsp3) is 0.571. The Labute approximate surface area is 120 Å². The van der Waals surface area contributed by atoms with Gasteiger partial charge in [-0.3, -0.25) is 4.90 Å². The van der Waals surface area contributed by atoms with E-state index in [1.807, 2.05) is 18.2 Å². The molecule has 1 heterocycles. The first-order chi connectivity index (χ1) is 9.06. The smallest absolute Gasteiger partial charge is 0.0601 e. The molecule has 19 heavy (non-hydrogen) atoms. The quantitative estimate of drug-likeness (QED) is 0.851. The highest BCUT2D eigenvalue weighted by molar-refractivity contribution is 6.31. The number of anilines is 2. The molecule has 0 spiro atoms. The van der Waals surface area contributed by atoms with Crippen molar-refractivity contribution in [3.05, 3.63) is 23.2 Å². The monoisotopic (exact) mass is 282 g/mol. The van der Waals surface area contributed by atoms with Crippen molar-refractivity contribution in [2.45, 2.75) is 0 Å². The van der Waals surface area contributed by atoms with E-state index in [0.29, 0.717) is 5.02 Å². The second-order valence-electron chi connectivity index (χ2n) is 5.34. The van der Waals surface area contributed by atoms with Gasteiger partial charge in [-0.05, 0) is 32.3 Å². The minimum atomic E-state index is 0.700. The lowest BCUT2D eigenvalue weighted by atomic mass is 10.2. The summed E-state index contributed by atoms with van der Waals surface area (Å²) in [5.41, 5.74) is 7.92. The molecule has 0 bridgehead atoms. The zero-order valence-corrected chi connectivity index (χ0v) is 12.5. The summed E-state index contributed by atoms with van der Waals surface area (Å²) in [5, 5.41) is 0.700. The molecule has 4 nitrogen and oxygen atoms in total. The molecule has 0 amide bonds. The van der Waals surface area contributed by atoms with Gasteiger partial charge >= 0.3 is 0 Å². The lowest BCUT2D eigenvalue weighted by Gasteiger charge is -2.37. The van der Waals surface area contributed by atoms with Crippen LogP contribution in [0.1, 0.15) is 0 Å². The predicted octanol–water partition coefficient (Wildman–Crippen LogP) is 1.61. The summed E-state index contributed by atoms with van der Waals surface area (Å²) in [4.78, 5) is 7.07. The maximum absolute atomic E-state index is 6.04. The first kappa shape index (κ1) is 14.4. The molecule has 106 valence electrons. The number of rotatable bonds is 4. The van der Waals surface area contributed by atoms with Crippen LogP contribution in [0.5, 0.6) is 0 Å². The largest absolute Gasteiger partial charge is 0.397 e. The first-order valence-electron chi connectivity index (χ1n) is 6.73. The predicted molar refractivity (Wildman–Crippen MR) is 83.1 cm³/mol. The molecule has 1 saturated heterocycles. The van der Waals surface area contributed by atoms with E-state index in [0.717, 1.165) is 50.6 Å². The molecule has 2 N–H and O–H groups in total. The van der Waals surface area contributed by atoms with E-state index in [-0.39, 0.29) is 0 Å². The number of nitrogens with zero attached hydrogens (tertiary/aromatic N) is 3. The van der Waals surface area contributed by atoms with Crippen LogP contribution in [0.3, 0.4) is 0 Å². The van der Waals surface area contributed by atoms with Gasteiger partial charge in [0.1, 0.15) is 0 Å². The summed E-state index contributed by atoms with van der Waals surface area (Å²) < 4.78 is 0. The molecule has 0 aromatic heterocycles. The van der Waals surface area contributed by atoms with E-state index in [1.54, 1.807) is 0 Å². The maximum Gasteiger partial charge on any atom is 0.0601 e. The third kappa shape index (κ3) is 4.00. The minimum Gasteiger partial charge on any atom is -0.397 e. The molecule has 1 aliphatic heterocycles. The van der Waals surface area contributed by atoms with Crippen molar-refractivity contribution in [3.8, 4) is 0 Å². The van der Waals surface area contributed by atoms with Crippen LogP contribution in [0.4, 0.5) is 11.4 Å². The summed E-state index contributed by atoms with van der Waals surface area (Å²) in [7, 11) is 4.23. The number of benzene rings is 1. The van der Waals surface area contributed by atoms with Crippen molar-refractivity contribution in [3.63, 3.8) is 0 Å². The van der Waals surface area contributed by atoms with Gasteiger partial charge in [-0.25, -0.2) is 0 Å². The number of nitrogens with two attached hydrogens (primary N) is 1. The molecule has 1 aromatic carbocycles. The molecule has 1 fully saturated rings. The van der Waals surface area contributed by atoms with Crippen molar-refractivity contribution < 1.29 is 0 Å². The van der Waals surface area contributed by atoms with Gasteiger partial charge in [-0.15, -0.1) is 0 Å². The van der Waals surface area contributed by atoms with Gasteiger partial charge in [0.25, 0.3) is 0 Å². The van der Waals surface area contributed by atoms with Crippen molar-refractivity contribution in [1.82, 2.24) is 9.80 Å². The minimum absolute atomic E-state index is 0.700. The topological polar surface area (TPSA) is 35.7 Å². The Morgan fingerprint density at radius 1 is 1.21 bits per heavy atom. The second kappa shape index (κ2) is 6.46. The standard InChI is InChI=1S/C14H23ClN4/c1-17(2)5-6-18-7-9-19(10-8-18)14-4-3-12(15)11-13(14)16/h3-4,11H,5-10,16H2,1-2H3. The van der Waals surface area contributed by atoms with E-state index < -0.39 is 0 Å². The van der Waals surface area contributed by atoms with E-state index in [4.69, 9.17) is 17.3 Å². The van der Waals surface area contributed by atoms with Crippen LogP contribution >= 0.6 is 11.6 Å². The van der Waals surface area contributed by atoms with Crippen LogP contribution in [0.2, 0.25) is 5.02 Å². The molecule has 0 saturated carbocycles. The highest BCUT2D eigenvalue weighted by Crippen LogP contribution is 2.27. The Kier molecular flexibility index (Phi) is 4.91. The van der Waals surface area contributed by atoms with E-state index in [1.165, 1.54) is 0 Å². The zero-order chi connectivity index (χ0) is 13.8. The number of hydrogen-bond donors (Lipinski definition) is 1. The molecule has 0 unspecified atom stereocenters. The molecule has 1 aromatic rings. The van der Waals surface area contributed by atoms with E-state index in [2.05, 4.69) is 28.8 Å². The Morgan fingerprint density at radius 3 is 2.47 bits per heavy atom. The van der Waals surface area contributed by atoms with E-state index in [9.17, 15) is 0 Å². The summed E-state index contributed by atoms with van der Waals surface area (Å²) in [6.45, 7) is 6.49. The van der Waals surface area contributed by atoms with Crippen LogP contribution in [-0.4, -0.2) is 63.2 Å². The Hall–Kier alpha value is -0.970. The SMILES string of the molecule is CN(C)CCN1CCN(c2ccc(Cl)cc2N)CC1. The number of nitrogen functional groups attached to an aromatic ring is 1. The highest BCUT2D eigenvalue weighted by atomic mass is 35.5. The van der Waals surface area contributed by atoms with Gasteiger partial charge < -0.3 is 15.5 Å². The highest BCUT2D eigenvalue weighted by Gasteiger charge is 2.18. The summed E-state index contributed by atoms with van der Waals surface area (Å²) >= 11 is 5.94. The molecule has 0 radical (unpaired) electrons. The third-order valence-electron chi connectivity index (χ3n) is 3.57. The maximum atomic E-state index is 6.04.